The maximum Gasteiger partial charge on any atom is 0.340 e. The molecule has 0 atom stereocenters. The van der Waals surface area contributed by atoms with Crippen molar-refractivity contribution in [3.8, 4) is 17.2 Å². The first-order valence-corrected chi connectivity index (χ1v) is 8.23. The standard InChI is InChI=1S/C18H18BrNO6/c1-23-14-7-10(8-15(24-2)16(14)25-3)17(21)20-13-6-5-11(19)9-12(13)18(22)26-4/h5-9H,1-4H3,(H,20,21). The summed E-state index contributed by atoms with van der Waals surface area (Å²) in [6, 6.07) is 7.92. The number of hydrogen-bond donors (Lipinski definition) is 1. The van der Waals surface area contributed by atoms with E-state index in [-0.39, 0.29) is 11.1 Å². The van der Waals surface area contributed by atoms with E-state index >= 15 is 0 Å². The molecule has 0 fully saturated rings. The molecular weight excluding hydrogens is 406 g/mol. The SMILES string of the molecule is COC(=O)c1cc(Br)ccc1NC(=O)c1cc(OC)c(OC)c(OC)c1. The van der Waals surface area contributed by atoms with Crippen LogP contribution in [0.1, 0.15) is 20.7 Å². The zero-order valence-electron chi connectivity index (χ0n) is 14.7. The van der Waals surface area contributed by atoms with Gasteiger partial charge in [-0.05, 0) is 30.3 Å². The predicted molar refractivity (Wildman–Crippen MR) is 99.5 cm³/mol. The van der Waals surface area contributed by atoms with Gasteiger partial charge < -0.3 is 24.3 Å². The third-order valence-corrected chi connectivity index (χ3v) is 4.06. The largest absolute Gasteiger partial charge is 0.493 e. The van der Waals surface area contributed by atoms with E-state index in [2.05, 4.69) is 21.2 Å². The van der Waals surface area contributed by atoms with Crippen molar-refractivity contribution < 1.29 is 28.5 Å². The molecule has 0 heterocycles. The summed E-state index contributed by atoms with van der Waals surface area (Å²) in [7, 11) is 5.67. The number of amides is 1. The van der Waals surface area contributed by atoms with Crippen LogP contribution in [-0.2, 0) is 4.74 Å². The summed E-state index contributed by atoms with van der Waals surface area (Å²) in [6.45, 7) is 0. The van der Waals surface area contributed by atoms with Crippen LogP contribution in [0.2, 0.25) is 0 Å². The number of halogens is 1. The Morgan fingerprint density at radius 2 is 1.54 bits per heavy atom. The fourth-order valence-electron chi connectivity index (χ4n) is 2.31. The van der Waals surface area contributed by atoms with Crippen molar-refractivity contribution in [3.63, 3.8) is 0 Å². The number of anilines is 1. The molecule has 0 unspecified atom stereocenters. The number of nitrogens with one attached hydrogen (secondary N) is 1. The lowest BCUT2D eigenvalue weighted by Gasteiger charge is -2.15. The molecule has 0 aromatic heterocycles. The molecule has 138 valence electrons. The highest BCUT2D eigenvalue weighted by Gasteiger charge is 2.19. The first-order chi connectivity index (χ1) is 12.4. The topological polar surface area (TPSA) is 83.1 Å². The summed E-state index contributed by atoms with van der Waals surface area (Å²) >= 11 is 3.29. The van der Waals surface area contributed by atoms with Crippen molar-refractivity contribution in [1.82, 2.24) is 0 Å². The molecule has 0 bridgehead atoms. The minimum absolute atomic E-state index is 0.225. The zero-order chi connectivity index (χ0) is 19.3. The van der Waals surface area contributed by atoms with Crippen molar-refractivity contribution in [2.45, 2.75) is 0 Å². The molecule has 8 heteroatoms. The summed E-state index contributed by atoms with van der Waals surface area (Å²) in [4.78, 5) is 24.6. The minimum Gasteiger partial charge on any atom is -0.493 e. The fraction of sp³-hybridized carbons (Fsp3) is 0.222. The second-order valence-electron chi connectivity index (χ2n) is 5.05. The second-order valence-corrected chi connectivity index (χ2v) is 5.97. The molecule has 2 rings (SSSR count). The Morgan fingerprint density at radius 3 is 2.04 bits per heavy atom. The lowest BCUT2D eigenvalue weighted by Crippen LogP contribution is -2.16. The average molecular weight is 424 g/mol. The van der Waals surface area contributed by atoms with Crippen molar-refractivity contribution in [2.75, 3.05) is 33.8 Å². The van der Waals surface area contributed by atoms with Crippen molar-refractivity contribution >= 4 is 33.5 Å². The average Bonchev–Trinajstić information content (AvgIpc) is 2.67. The summed E-state index contributed by atoms with van der Waals surface area (Å²) in [5.74, 6) is 0.0654. The molecular formula is C18H18BrNO6. The minimum atomic E-state index is -0.563. The van der Waals surface area contributed by atoms with E-state index < -0.39 is 11.9 Å². The monoisotopic (exact) mass is 423 g/mol. The molecule has 7 nitrogen and oxygen atoms in total. The van der Waals surface area contributed by atoms with Gasteiger partial charge in [0.2, 0.25) is 5.75 Å². The van der Waals surface area contributed by atoms with E-state index in [1.807, 2.05) is 0 Å². The van der Waals surface area contributed by atoms with Gasteiger partial charge in [0, 0.05) is 10.0 Å². The van der Waals surface area contributed by atoms with Gasteiger partial charge in [-0.1, -0.05) is 15.9 Å². The summed E-state index contributed by atoms with van der Waals surface area (Å²) in [5.41, 5.74) is 0.819. The van der Waals surface area contributed by atoms with E-state index in [1.165, 1.54) is 40.6 Å². The number of carbonyl (C=O) groups is 2. The van der Waals surface area contributed by atoms with Gasteiger partial charge in [-0.15, -0.1) is 0 Å². The number of esters is 1. The van der Waals surface area contributed by atoms with Crippen molar-refractivity contribution in [3.05, 3.63) is 45.9 Å². The zero-order valence-corrected chi connectivity index (χ0v) is 16.3. The molecule has 2 aromatic carbocycles. The molecule has 1 N–H and O–H groups in total. The molecule has 1 amide bonds. The Kier molecular flexibility index (Phi) is 6.46. The number of ether oxygens (including phenoxy) is 4. The maximum absolute atomic E-state index is 12.7. The lowest BCUT2D eigenvalue weighted by molar-refractivity contribution is 0.0602. The third kappa shape index (κ3) is 4.08. The van der Waals surface area contributed by atoms with Crippen LogP contribution in [0.25, 0.3) is 0 Å². The number of methoxy groups -OCH3 is 4. The fourth-order valence-corrected chi connectivity index (χ4v) is 2.67. The molecule has 0 saturated heterocycles. The van der Waals surface area contributed by atoms with Gasteiger partial charge in [-0.3, -0.25) is 4.79 Å². The quantitative estimate of drug-likeness (QED) is 0.715. The molecule has 0 aliphatic rings. The molecule has 26 heavy (non-hydrogen) atoms. The van der Waals surface area contributed by atoms with Crippen LogP contribution >= 0.6 is 15.9 Å². The van der Waals surface area contributed by atoms with Gasteiger partial charge >= 0.3 is 5.97 Å². The number of rotatable bonds is 6. The van der Waals surface area contributed by atoms with Gasteiger partial charge in [0.15, 0.2) is 11.5 Å². The summed E-state index contributed by atoms with van der Waals surface area (Å²) < 4.78 is 21.2. The van der Waals surface area contributed by atoms with Gasteiger partial charge in [-0.25, -0.2) is 4.79 Å². The van der Waals surface area contributed by atoms with Gasteiger partial charge in [-0.2, -0.15) is 0 Å². The third-order valence-electron chi connectivity index (χ3n) is 3.56. The Bertz CT molecular complexity index is 811. The Balaban J connectivity index is 2.41. The number of benzene rings is 2. The van der Waals surface area contributed by atoms with E-state index in [0.717, 1.165) is 0 Å². The Hall–Kier alpha value is -2.74. The van der Waals surface area contributed by atoms with Crippen LogP contribution in [0.15, 0.2) is 34.8 Å². The highest BCUT2D eigenvalue weighted by Crippen LogP contribution is 2.38. The molecule has 0 radical (unpaired) electrons. The smallest absolute Gasteiger partial charge is 0.340 e. The van der Waals surface area contributed by atoms with E-state index in [1.54, 1.807) is 18.2 Å². The van der Waals surface area contributed by atoms with E-state index in [0.29, 0.717) is 27.4 Å². The van der Waals surface area contributed by atoms with Crippen molar-refractivity contribution in [2.24, 2.45) is 0 Å². The lowest BCUT2D eigenvalue weighted by atomic mass is 10.1. The Morgan fingerprint density at radius 1 is 0.923 bits per heavy atom. The van der Waals surface area contributed by atoms with E-state index in [4.69, 9.17) is 18.9 Å². The van der Waals surface area contributed by atoms with Crippen LogP contribution in [0.5, 0.6) is 17.2 Å². The summed E-state index contributed by atoms with van der Waals surface area (Å²) in [6.07, 6.45) is 0. The van der Waals surface area contributed by atoms with Gasteiger partial charge in [0.05, 0.1) is 39.7 Å². The highest BCUT2D eigenvalue weighted by molar-refractivity contribution is 9.10. The van der Waals surface area contributed by atoms with Crippen LogP contribution in [0.3, 0.4) is 0 Å². The van der Waals surface area contributed by atoms with E-state index in [9.17, 15) is 9.59 Å². The van der Waals surface area contributed by atoms with Crippen LogP contribution in [0.4, 0.5) is 5.69 Å². The molecule has 0 aliphatic carbocycles. The maximum atomic E-state index is 12.7. The summed E-state index contributed by atoms with van der Waals surface area (Å²) in [5, 5.41) is 2.70. The Labute approximate surface area is 159 Å². The van der Waals surface area contributed by atoms with Crippen LogP contribution in [-0.4, -0.2) is 40.3 Å². The van der Waals surface area contributed by atoms with Crippen LogP contribution in [0, 0.1) is 0 Å². The highest BCUT2D eigenvalue weighted by atomic mass is 79.9. The first kappa shape index (κ1) is 19.6. The van der Waals surface area contributed by atoms with Crippen LogP contribution < -0.4 is 19.5 Å². The molecule has 0 aliphatic heterocycles. The van der Waals surface area contributed by atoms with Crippen molar-refractivity contribution in [1.29, 1.82) is 0 Å². The number of carbonyl (C=O) groups excluding carboxylic acids is 2. The molecule has 0 saturated carbocycles. The molecule has 2 aromatic rings. The van der Waals surface area contributed by atoms with Gasteiger partial charge in [0.25, 0.3) is 5.91 Å². The normalized spacial score (nSPS) is 10.0. The second kappa shape index (κ2) is 8.57. The molecule has 0 spiro atoms. The predicted octanol–water partition coefficient (Wildman–Crippen LogP) is 3.51. The van der Waals surface area contributed by atoms with Gasteiger partial charge in [0.1, 0.15) is 0 Å². The number of hydrogen-bond acceptors (Lipinski definition) is 6. The first-order valence-electron chi connectivity index (χ1n) is 7.44.